The fourth-order valence-electron chi connectivity index (χ4n) is 1.98. The molecule has 1 aliphatic rings. The summed E-state index contributed by atoms with van der Waals surface area (Å²) in [6.45, 7) is -0.262. The van der Waals surface area contributed by atoms with Gasteiger partial charge in [0.1, 0.15) is 11.0 Å². The van der Waals surface area contributed by atoms with Crippen molar-refractivity contribution in [2.75, 3.05) is 18.6 Å². The van der Waals surface area contributed by atoms with Gasteiger partial charge in [-0.25, -0.2) is 0 Å². The first kappa shape index (κ1) is 15.5. The van der Waals surface area contributed by atoms with Gasteiger partial charge in [0.15, 0.2) is 0 Å². The van der Waals surface area contributed by atoms with Crippen LogP contribution in [0.25, 0.3) is 0 Å². The molecule has 5 nitrogen and oxygen atoms in total. The van der Waals surface area contributed by atoms with Crippen molar-refractivity contribution < 1.29 is 21.8 Å². The zero-order valence-corrected chi connectivity index (χ0v) is 13.4. The number of amides is 1. The maximum absolute atomic E-state index is 13.0. The average molecular weight is 387 g/mol. The third-order valence-electron chi connectivity index (χ3n) is 3.00. The van der Waals surface area contributed by atoms with E-state index < -0.39 is 27.8 Å². The highest BCUT2D eigenvalue weighted by Gasteiger charge is 2.39. The largest absolute Gasteiger partial charge is 0.495 e. The number of hydrogen-bond acceptors (Lipinski definition) is 4. The predicted octanol–water partition coefficient (Wildman–Crippen LogP) is 2.52. The van der Waals surface area contributed by atoms with Gasteiger partial charge in [-0.1, -0.05) is 11.6 Å². The maximum atomic E-state index is 13.0. The SMILES string of the molecule is COc1cc(N2CC(S(=O)(=O)F)CC2=O)c(Cl)cc1Br. The summed E-state index contributed by atoms with van der Waals surface area (Å²) in [6.07, 6.45) is -0.395. The topological polar surface area (TPSA) is 63.7 Å². The Morgan fingerprint density at radius 2 is 2.15 bits per heavy atom. The lowest BCUT2D eigenvalue weighted by molar-refractivity contribution is -0.117. The van der Waals surface area contributed by atoms with Gasteiger partial charge in [-0.2, -0.15) is 8.42 Å². The summed E-state index contributed by atoms with van der Waals surface area (Å²) in [6, 6.07) is 3.03. The van der Waals surface area contributed by atoms with Gasteiger partial charge < -0.3 is 9.64 Å². The standard InChI is InChI=1S/C11H10BrClFNO4S/c1-19-10-4-9(8(13)3-7(10)12)15-5-6(2-11(15)16)20(14,17)18/h3-4,6H,2,5H2,1H3. The molecule has 1 saturated heterocycles. The van der Waals surface area contributed by atoms with Crippen LogP contribution in [0.4, 0.5) is 9.57 Å². The molecule has 1 aromatic carbocycles. The van der Waals surface area contributed by atoms with Gasteiger partial charge in [0.2, 0.25) is 5.91 Å². The van der Waals surface area contributed by atoms with E-state index in [1.165, 1.54) is 19.2 Å². The Bertz CT molecular complexity index is 667. The van der Waals surface area contributed by atoms with Crippen molar-refractivity contribution in [3.63, 3.8) is 0 Å². The fraction of sp³-hybridized carbons (Fsp3) is 0.364. The molecule has 20 heavy (non-hydrogen) atoms. The third-order valence-corrected chi connectivity index (χ3v) is 5.03. The molecule has 0 aromatic heterocycles. The zero-order chi connectivity index (χ0) is 15.1. The highest BCUT2D eigenvalue weighted by molar-refractivity contribution is 9.10. The van der Waals surface area contributed by atoms with Gasteiger partial charge in [-0.3, -0.25) is 4.79 Å². The van der Waals surface area contributed by atoms with Crippen molar-refractivity contribution in [2.24, 2.45) is 0 Å². The summed E-state index contributed by atoms with van der Waals surface area (Å²) < 4.78 is 40.5. The molecule has 1 unspecified atom stereocenters. The highest BCUT2D eigenvalue weighted by atomic mass is 79.9. The highest BCUT2D eigenvalue weighted by Crippen LogP contribution is 2.38. The molecule has 2 rings (SSSR count). The molecular formula is C11H10BrClFNO4S. The number of hydrogen-bond donors (Lipinski definition) is 0. The molecule has 0 spiro atoms. The number of carbonyl (C=O) groups excluding carboxylic acids is 1. The van der Waals surface area contributed by atoms with Crippen molar-refractivity contribution in [3.05, 3.63) is 21.6 Å². The Hall–Kier alpha value is -0.860. The van der Waals surface area contributed by atoms with E-state index in [0.29, 0.717) is 15.9 Å². The van der Waals surface area contributed by atoms with Gasteiger partial charge in [-0.15, -0.1) is 3.89 Å². The summed E-state index contributed by atoms with van der Waals surface area (Å²) in [5.74, 6) is -0.0637. The molecule has 1 amide bonds. The number of methoxy groups -OCH3 is 1. The summed E-state index contributed by atoms with van der Waals surface area (Å²) in [7, 11) is -3.32. The molecule has 0 saturated carbocycles. The first-order valence-electron chi connectivity index (χ1n) is 5.51. The van der Waals surface area contributed by atoms with Crippen LogP contribution in [-0.4, -0.2) is 33.2 Å². The van der Waals surface area contributed by atoms with Gasteiger partial charge in [0.05, 0.1) is 22.3 Å². The van der Waals surface area contributed by atoms with Crippen LogP contribution >= 0.6 is 27.5 Å². The molecule has 1 aliphatic heterocycles. The molecule has 110 valence electrons. The first-order valence-corrected chi connectivity index (χ1v) is 8.12. The van der Waals surface area contributed by atoms with Crippen molar-refractivity contribution in [3.8, 4) is 5.75 Å². The molecule has 0 bridgehead atoms. The number of benzene rings is 1. The van der Waals surface area contributed by atoms with Crippen LogP contribution in [0, 0.1) is 0 Å². The van der Waals surface area contributed by atoms with Crippen molar-refractivity contribution in [1.82, 2.24) is 0 Å². The number of anilines is 1. The average Bonchev–Trinajstić information content (AvgIpc) is 2.71. The lowest BCUT2D eigenvalue weighted by Gasteiger charge is -2.19. The van der Waals surface area contributed by atoms with Gasteiger partial charge in [0, 0.05) is 19.0 Å². The summed E-state index contributed by atoms with van der Waals surface area (Å²) in [4.78, 5) is 13.0. The molecule has 1 heterocycles. The monoisotopic (exact) mass is 385 g/mol. The van der Waals surface area contributed by atoms with Gasteiger partial charge in [0.25, 0.3) is 0 Å². The van der Waals surface area contributed by atoms with E-state index in [1.54, 1.807) is 0 Å². The van der Waals surface area contributed by atoms with E-state index in [9.17, 15) is 17.1 Å². The van der Waals surface area contributed by atoms with E-state index in [0.717, 1.165) is 4.90 Å². The Morgan fingerprint density at radius 1 is 1.50 bits per heavy atom. The second-order valence-electron chi connectivity index (χ2n) is 4.24. The second-order valence-corrected chi connectivity index (χ2v) is 7.12. The van der Waals surface area contributed by atoms with Crippen LogP contribution in [0.3, 0.4) is 0 Å². The van der Waals surface area contributed by atoms with E-state index in [4.69, 9.17) is 16.3 Å². The Labute approximate surface area is 129 Å². The number of ether oxygens (including phenoxy) is 1. The molecule has 1 aromatic rings. The van der Waals surface area contributed by atoms with Crippen LogP contribution < -0.4 is 9.64 Å². The molecule has 0 radical (unpaired) electrons. The predicted molar refractivity (Wildman–Crippen MR) is 76.5 cm³/mol. The summed E-state index contributed by atoms with van der Waals surface area (Å²) >= 11 is 9.28. The lowest BCUT2D eigenvalue weighted by Crippen LogP contribution is -2.27. The lowest BCUT2D eigenvalue weighted by atomic mass is 10.2. The minimum Gasteiger partial charge on any atom is -0.495 e. The number of rotatable bonds is 3. The first-order chi connectivity index (χ1) is 9.24. The van der Waals surface area contributed by atoms with Crippen LogP contribution in [0.15, 0.2) is 16.6 Å². The summed E-state index contributed by atoms with van der Waals surface area (Å²) in [5, 5.41) is -1.12. The number of nitrogens with zero attached hydrogens (tertiary/aromatic N) is 1. The van der Waals surface area contributed by atoms with E-state index in [-0.39, 0.29) is 11.6 Å². The summed E-state index contributed by atoms with van der Waals surface area (Å²) in [5.41, 5.74) is 0.294. The minimum atomic E-state index is -4.76. The van der Waals surface area contributed by atoms with Crippen molar-refractivity contribution in [1.29, 1.82) is 0 Å². The number of halogens is 3. The molecule has 0 N–H and O–H groups in total. The van der Waals surface area contributed by atoms with Crippen LogP contribution in [0.1, 0.15) is 6.42 Å². The van der Waals surface area contributed by atoms with Crippen LogP contribution in [0.5, 0.6) is 5.75 Å². The smallest absolute Gasteiger partial charge is 0.307 e. The molecule has 9 heteroatoms. The Kier molecular flexibility index (Phi) is 4.27. The molecular weight excluding hydrogens is 377 g/mol. The molecule has 1 fully saturated rings. The second kappa shape index (κ2) is 5.50. The van der Waals surface area contributed by atoms with Crippen LogP contribution in [0.2, 0.25) is 5.02 Å². The molecule has 0 aliphatic carbocycles. The van der Waals surface area contributed by atoms with E-state index in [2.05, 4.69) is 15.9 Å². The Morgan fingerprint density at radius 3 is 2.65 bits per heavy atom. The van der Waals surface area contributed by atoms with E-state index >= 15 is 0 Å². The minimum absolute atomic E-state index is 0.239. The Balaban J connectivity index is 2.40. The quantitative estimate of drug-likeness (QED) is 0.749. The van der Waals surface area contributed by atoms with Gasteiger partial charge in [-0.05, 0) is 22.0 Å². The van der Waals surface area contributed by atoms with Crippen molar-refractivity contribution in [2.45, 2.75) is 11.7 Å². The van der Waals surface area contributed by atoms with Gasteiger partial charge >= 0.3 is 10.2 Å². The fourth-order valence-corrected chi connectivity index (χ4v) is 3.55. The normalized spacial score (nSPS) is 19.5. The number of carbonyl (C=O) groups is 1. The van der Waals surface area contributed by atoms with Crippen LogP contribution in [-0.2, 0) is 15.0 Å². The maximum Gasteiger partial charge on any atom is 0.307 e. The van der Waals surface area contributed by atoms with Crippen molar-refractivity contribution >= 4 is 49.3 Å². The third kappa shape index (κ3) is 2.91. The van der Waals surface area contributed by atoms with E-state index in [1.807, 2.05) is 0 Å². The zero-order valence-electron chi connectivity index (χ0n) is 10.3. The molecule has 1 atom stereocenters.